The summed E-state index contributed by atoms with van der Waals surface area (Å²) in [7, 11) is 1.72. The predicted molar refractivity (Wildman–Crippen MR) is 83.8 cm³/mol. The Morgan fingerprint density at radius 2 is 2.20 bits per heavy atom. The molecule has 2 rings (SSSR count). The Kier molecular flexibility index (Phi) is 4.13. The van der Waals surface area contributed by atoms with Gasteiger partial charge in [-0.25, -0.2) is 0 Å². The largest absolute Gasteiger partial charge is 0.395 e. The van der Waals surface area contributed by atoms with Crippen LogP contribution in [-0.4, -0.2) is 15.7 Å². The molecule has 2 aromatic rings. The van der Waals surface area contributed by atoms with Gasteiger partial charge in [-0.3, -0.25) is 9.48 Å². The van der Waals surface area contributed by atoms with Crippen LogP contribution in [-0.2, 0) is 13.5 Å². The van der Waals surface area contributed by atoms with E-state index in [1.54, 1.807) is 7.05 Å². The quantitative estimate of drug-likeness (QED) is 0.905. The summed E-state index contributed by atoms with van der Waals surface area (Å²) in [5, 5.41) is 7.08. The second-order valence-corrected chi connectivity index (χ2v) is 5.46. The van der Waals surface area contributed by atoms with Crippen LogP contribution in [0.4, 0.5) is 11.4 Å². The number of carbonyl (C=O) groups excluding carboxylic acids is 1. The van der Waals surface area contributed by atoms with Crippen LogP contribution >= 0.6 is 15.9 Å². The highest BCUT2D eigenvalue weighted by Crippen LogP contribution is 2.22. The predicted octanol–water partition coefficient (Wildman–Crippen LogP) is 2.89. The number of aryl methyl sites for hydroxylation is 3. The number of amides is 1. The van der Waals surface area contributed by atoms with Crippen LogP contribution in [0.1, 0.15) is 28.7 Å². The number of benzene rings is 1. The molecular weight excluding hydrogens is 320 g/mol. The fourth-order valence-electron chi connectivity index (χ4n) is 1.99. The van der Waals surface area contributed by atoms with Gasteiger partial charge < -0.3 is 11.1 Å². The monoisotopic (exact) mass is 336 g/mol. The molecule has 0 spiro atoms. The molecular formula is C14H17BrN4O. The summed E-state index contributed by atoms with van der Waals surface area (Å²) < 4.78 is 2.47. The van der Waals surface area contributed by atoms with E-state index in [0.29, 0.717) is 23.5 Å². The van der Waals surface area contributed by atoms with E-state index in [-0.39, 0.29) is 5.91 Å². The average molecular weight is 337 g/mol. The third-order valence-corrected chi connectivity index (χ3v) is 3.99. The number of rotatable bonds is 3. The normalized spacial score (nSPS) is 10.6. The van der Waals surface area contributed by atoms with Gasteiger partial charge in [0.05, 0.1) is 11.4 Å². The molecule has 5 nitrogen and oxygen atoms in total. The van der Waals surface area contributed by atoms with Crippen molar-refractivity contribution < 1.29 is 4.79 Å². The van der Waals surface area contributed by atoms with Crippen molar-refractivity contribution in [1.82, 2.24) is 9.78 Å². The van der Waals surface area contributed by atoms with Crippen LogP contribution in [0.3, 0.4) is 0 Å². The molecule has 0 saturated carbocycles. The maximum Gasteiger partial charge on any atom is 0.276 e. The summed E-state index contributed by atoms with van der Waals surface area (Å²) >= 11 is 3.44. The lowest BCUT2D eigenvalue weighted by Gasteiger charge is -2.08. The minimum absolute atomic E-state index is 0.257. The number of nitrogens with two attached hydrogens (primary N) is 1. The number of hydrogen-bond acceptors (Lipinski definition) is 3. The number of anilines is 2. The third-order valence-electron chi connectivity index (χ3n) is 3.14. The van der Waals surface area contributed by atoms with E-state index in [1.165, 1.54) is 4.68 Å². The Labute approximate surface area is 126 Å². The third kappa shape index (κ3) is 2.70. The zero-order valence-corrected chi connectivity index (χ0v) is 13.3. The molecule has 0 aliphatic rings. The SMILES string of the molecule is CCc1nn(C)c(C(=O)Nc2ccc(C)c(Br)c2)c1N. The molecule has 0 radical (unpaired) electrons. The Hall–Kier alpha value is -1.82. The molecule has 3 N–H and O–H groups in total. The highest BCUT2D eigenvalue weighted by atomic mass is 79.9. The van der Waals surface area contributed by atoms with Crippen molar-refractivity contribution in [3.63, 3.8) is 0 Å². The molecule has 0 aliphatic heterocycles. The second kappa shape index (κ2) is 5.66. The molecule has 0 saturated heterocycles. The number of aromatic nitrogens is 2. The molecule has 0 atom stereocenters. The van der Waals surface area contributed by atoms with Gasteiger partial charge in [0.25, 0.3) is 5.91 Å². The summed E-state index contributed by atoms with van der Waals surface area (Å²) in [6.45, 7) is 3.94. The highest BCUT2D eigenvalue weighted by Gasteiger charge is 2.19. The van der Waals surface area contributed by atoms with E-state index < -0.39 is 0 Å². The summed E-state index contributed by atoms with van der Waals surface area (Å²) in [6.07, 6.45) is 0.697. The van der Waals surface area contributed by atoms with Gasteiger partial charge in [0.2, 0.25) is 0 Å². The molecule has 0 fully saturated rings. The Morgan fingerprint density at radius 1 is 1.50 bits per heavy atom. The average Bonchev–Trinajstić information content (AvgIpc) is 2.68. The van der Waals surface area contributed by atoms with E-state index in [9.17, 15) is 4.79 Å². The van der Waals surface area contributed by atoms with Gasteiger partial charge in [0.1, 0.15) is 5.69 Å². The van der Waals surface area contributed by atoms with Gasteiger partial charge in [0.15, 0.2) is 0 Å². The number of carbonyl (C=O) groups is 1. The topological polar surface area (TPSA) is 72.9 Å². The molecule has 0 unspecified atom stereocenters. The van der Waals surface area contributed by atoms with Crippen LogP contribution in [0.25, 0.3) is 0 Å². The van der Waals surface area contributed by atoms with E-state index in [0.717, 1.165) is 15.7 Å². The minimum atomic E-state index is -0.257. The van der Waals surface area contributed by atoms with Crippen LogP contribution in [0.2, 0.25) is 0 Å². The fourth-order valence-corrected chi connectivity index (χ4v) is 2.37. The van der Waals surface area contributed by atoms with Crippen molar-refractivity contribution in [3.05, 3.63) is 39.6 Å². The smallest absolute Gasteiger partial charge is 0.276 e. The first kappa shape index (κ1) is 14.6. The lowest BCUT2D eigenvalue weighted by Crippen LogP contribution is -2.17. The molecule has 0 bridgehead atoms. The molecule has 1 aromatic carbocycles. The first-order chi connectivity index (χ1) is 9.43. The molecule has 0 aliphatic carbocycles. The van der Waals surface area contributed by atoms with Gasteiger partial charge in [-0.1, -0.05) is 28.9 Å². The second-order valence-electron chi connectivity index (χ2n) is 4.60. The molecule has 1 amide bonds. The zero-order valence-electron chi connectivity index (χ0n) is 11.7. The lowest BCUT2D eigenvalue weighted by atomic mass is 10.2. The van der Waals surface area contributed by atoms with Gasteiger partial charge >= 0.3 is 0 Å². The highest BCUT2D eigenvalue weighted by molar-refractivity contribution is 9.10. The summed E-state index contributed by atoms with van der Waals surface area (Å²) in [5.41, 5.74) is 9.36. The van der Waals surface area contributed by atoms with Crippen LogP contribution in [0.15, 0.2) is 22.7 Å². The summed E-state index contributed by atoms with van der Waals surface area (Å²) in [5.74, 6) is -0.257. The Bertz CT molecular complexity index is 663. The fraction of sp³-hybridized carbons (Fsp3) is 0.286. The number of nitrogens with zero attached hydrogens (tertiary/aromatic N) is 2. The van der Waals surface area contributed by atoms with Gasteiger partial charge in [-0.15, -0.1) is 0 Å². The van der Waals surface area contributed by atoms with Crippen LogP contribution in [0, 0.1) is 6.92 Å². The zero-order chi connectivity index (χ0) is 14.9. The Morgan fingerprint density at radius 3 is 2.75 bits per heavy atom. The van der Waals surface area contributed by atoms with Crippen LogP contribution in [0.5, 0.6) is 0 Å². The van der Waals surface area contributed by atoms with E-state index in [1.807, 2.05) is 32.0 Å². The maximum atomic E-state index is 12.3. The summed E-state index contributed by atoms with van der Waals surface area (Å²) in [6, 6.07) is 5.65. The number of nitrogen functional groups attached to an aromatic ring is 1. The molecule has 1 heterocycles. The van der Waals surface area contributed by atoms with Crippen LogP contribution < -0.4 is 11.1 Å². The summed E-state index contributed by atoms with van der Waals surface area (Å²) in [4.78, 5) is 12.3. The van der Waals surface area contributed by atoms with Gasteiger partial charge in [0, 0.05) is 17.2 Å². The number of hydrogen-bond donors (Lipinski definition) is 2. The first-order valence-electron chi connectivity index (χ1n) is 6.32. The number of nitrogens with one attached hydrogen (secondary N) is 1. The van der Waals surface area contributed by atoms with E-state index >= 15 is 0 Å². The van der Waals surface area contributed by atoms with Crippen molar-refractivity contribution in [2.75, 3.05) is 11.1 Å². The molecule has 106 valence electrons. The van der Waals surface area contributed by atoms with Crippen molar-refractivity contribution in [2.45, 2.75) is 20.3 Å². The van der Waals surface area contributed by atoms with Crippen molar-refractivity contribution in [2.24, 2.45) is 7.05 Å². The lowest BCUT2D eigenvalue weighted by molar-refractivity contribution is 0.101. The molecule has 1 aromatic heterocycles. The van der Waals surface area contributed by atoms with Crippen molar-refractivity contribution in [3.8, 4) is 0 Å². The van der Waals surface area contributed by atoms with E-state index in [2.05, 4.69) is 26.3 Å². The standard InChI is InChI=1S/C14H17BrN4O/c1-4-11-12(16)13(19(3)18-11)14(20)17-9-6-5-8(2)10(15)7-9/h5-7H,4,16H2,1-3H3,(H,17,20). The minimum Gasteiger partial charge on any atom is -0.395 e. The molecule has 20 heavy (non-hydrogen) atoms. The maximum absolute atomic E-state index is 12.3. The van der Waals surface area contributed by atoms with Crippen molar-refractivity contribution in [1.29, 1.82) is 0 Å². The van der Waals surface area contributed by atoms with E-state index in [4.69, 9.17) is 5.73 Å². The van der Waals surface area contributed by atoms with Gasteiger partial charge in [-0.05, 0) is 31.0 Å². The number of halogens is 1. The molecule has 6 heteroatoms. The Balaban J connectivity index is 2.28. The first-order valence-corrected chi connectivity index (χ1v) is 7.12. The van der Waals surface area contributed by atoms with Crippen molar-refractivity contribution >= 4 is 33.2 Å². The van der Waals surface area contributed by atoms with Gasteiger partial charge in [-0.2, -0.15) is 5.10 Å².